The first-order valence-corrected chi connectivity index (χ1v) is 8.84. The molecule has 2 N–H and O–H groups in total. The normalized spacial score (nSPS) is 18.6. The van der Waals surface area contributed by atoms with Gasteiger partial charge >= 0.3 is 0 Å². The van der Waals surface area contributed by atoms with Crippen LogP contribution >= 0.6 is 0 Å². The van der Waals surface area contributed by atoms with E-state index in [0.29, 0.717) is 32.4 Å². The molecule has 0 spiro atoms. The number of amides is 2. The molecular weight excluding hydrogens is 302 g/mol. The number of nitrogens with two attached hydrogens (primary N) is 1. The summed E-state index contributed by atoms with van der Waals surface area (Å²) in [6.45, 7) is 4.99. The van der Waals surface area contributed by atoms with Crippen LogP contribution in [0.5, 0.6) is 0 Å². The van der Waals surface area contributed by atoms with Gasteiger partial charge < -0.3 is 15.5 Å². The van der Waals surface area contributed by atoms with E-state index in [0.717, 1.165) is 12.1 Å². The van der Waals surface area contributed by atoms with Crippen LogP contribution in [0.3, 0.4) is 0 Å². The molecule has 0 aliphatic carbocycles. The van der Waals surface area contributed by atoms with Crippen LogP contribution in [-0.4, -0.2) is 42.9 Å². The fraction of sp³-hybridized carbons (Fsp3) is 0.579. The van der Waals surface area contributed by atoms with E-state index < -0.39 is 11.5 Å². The molecule has 1 atom stereocenters. The van der Waals surface area contributed by atoms with Gasteiger partial charge in [-0.25, -0.2) is 0 Å². The third kappa shape index (κ3) is 3.31. The van der Waals surface area contributed by atoms with Gasteiger partial charge in [0, 0.05) is 25.8 Å². The molecule has 1 unspecified atom stereocenters. The molecule has 1 saturated heterocycles. The highest BCUT2D eigenvalue weighted by Gasteiger charge is 2.41. The highest BCUT2D eigenvalue weighted by atomic mass is 16.2. The molecular formula is C19H29N3O2. The fourth-order valence-corrected chi connectivity index (χ4v) is 3.52. The van der Waals surface area contributed by atoms with Gasteiger partial charge in [0.05, 0.1) is 5.41 Å². The zero-order chi connectivity index (χ0) is 17.7. The van der Waals surface area contributed by atoms with Crippen molar-refractivity contribution in [3.63, 3.8) is 0 Å². The number of rotatable bonds is 6. The SMILES string of the molecule is CCC(CC)(CN)C(=O)N(C)C1CCCN(c2ccccc2)C1=O. The molecule has 2 rings (SSSR count). The lowest BCUT2D eigenvalue weighted by molar-refractivity contribution is -0.147. The highest BCUT2D eigenvalue weighted by Crippen LogP contribution is 2.30. The standard InChI is InChI=1S/C19H29N3O2/c1-4-19(5-2,14-20)18(24)21(3)16-12-9-13-22(17(16)23)15-10-7-6-8-11-15/h6-8,10-11,16H,4-5,9,12-14,20H2,1-3H3. The number of carbonyl (C=O) groups excluding carboxylic acids is 2. The van der Waals surface area contributed by atoms with Crippen LogP contribution in [0, 0.1) is 5.41 Å². The largest absolute Gasteiger partial charge is 0.333 e. The Morgan fingerprint density at radius 3 is 2.46 bits per heavy atom. The van der Waals surface area contributed by atoms with E-state index in [4.69, 9.17) is 5.73 Å². The van der Waals surface area contributed by atoms with Gasteiger partial charge in [-0.05, 0) is 37.8 Å². The molecule has 24 heavy (non-hydrogen) atoms. The van der Waals surface area contributed by atoms with E-state index in [1.807, 2.05) is 44.2 Å². The summed E-state index contributed by atoms with van der Waals surface area (Å²) >= 11 is 0. The highest BCUT2D eigenvalue weighted by molar-refractivity contribution is 6.00. The van der Waals surface area contributed by atoms with Gasteiger partial charge in [0.2, 0.25) is 11.8 Å². The topological polar surface area (TPSA) is 66.6 Å². The molecule has 5 heteroatoms. The summed E-state index contributed by atoms with van der Waals surface area (Å²) in [5.41, 5.74) is 6.23. The Kier molecular flexibility index (Phi) is 5.99. The first-order valence-electron chi connectivity index (χ1n) is 8.84. The van der Waals surface area contributed by atoms with Crippen molar-refractivity contribution in [2.75, 3.05) is 25.0 Å². The number of benzene rings is 1. The van der Waals surface area contributed by atoms with Gasteiger partial charge in [0.15, 0.2) is 0 Å². The van der Waals surface area contributed by atoms with E-state index in [1.165, 1.54) is 0 Å². The van der Waals surface area contributed by atoms with Crippen LogP contribution in [0.1, 0.15) is 39.5 Å². The minimum absolute atomic E-state index is 0.00132. The van der Waals surface area contributed by atoms with E-state index >= 15 is 0 Å². The molecule has 1 fully saturated rings. The number of carbonyl (C=O) groups is 2. The second kappa shape index (κ2) is 7.79. The Bertz CT molecular complexity index is 561. The van der Waals surface area contributed by atoms with E-state index in [2.05, 4.69) is 0 Å². The van der Waals surface area contributed by atoms with Crippen LogP contribution < -0.4 is 10.6 Å². The summed E-state index contributed by atoms with van der Waals surface area (Å²) in [6.07, 6.45) is 2.97. The van der Waals surface area contributed by atoms with Crippen molar-refractivity contribution < 1.29 is 9.59 Å². The Morgan fingerprint density at radius 2 is 1.92 bits per heavy atom. The molecule has 0 aromatic heterocycles. The van der Waals surface area contributed by atoms with Gasteiger partial charge in [0.25, 0.3) is 0 Å². The van der Waals surface area contributed by atoms with E-state index in [9.17, 15) is 9.59 Å². The monoisotopic (exact) mass is 331 g/mol. The molecule has 0 saturated carbocycles. The number of piperidine rings is 1. The number of likely N-dealkylation sites (N-methyl/N-ethyl adjacent to an activating group) is 1. The lowest BCUT2D eigenvalue weighted by Gasteiger charge is -2.41. The number of para-hydroxylation sites is 1. The van der Waals surface area contributed by atoms with Crippen LogP contribution in [-0.2, 0) is 9.59 Å². The average Bonchev–Trinajstić information content (AvgIpc) is 2.64. The van der Waals surface area contributed by atoms with E-state index in [1.54, 1.807) is 16.8 Å². The quantitative estimate of drug-likeness (QED) is 0.870. The maximum Gasteiger partial charge on any atom is 0.249 e. The molecule has 1 aromatic rings. The van der Waals surface area contributed by atoms with Gasteiger partial charge in [-0.1, -0.05) is 32.0 Å². The Morgan fingerprint density at radius 1 is 1.29 bits per heavy atom. The lowest BCUT2D eigenvalue weighted by Crippen LogP contribution is -2.57. The molecule has 1 aromatic carbocycles. The minimum Gasteiger partial charge on any atom is -0.333 e. The average molecular weight is 331 g/mol. The minimum atomic E-state index is -0.565. The Hall–Kier alpha value is -1.88. The molecule has 132 valence electrons. The number of nitrogens with zero attached hydrogens (tertiary/aromatic N) is 2. The predicted molar refractivity (Wildman–Crippen MR) is 96.7 cm³/mol. The van der Waals surface area contributed by atoms with Crippen molar-refractivity contribution in [2.24, 2.45) is 11.1 Å². The third-order valence-corrected chi connectivity index (χ3v) is 5.46. The zero-order valence-corrected chi connectivity index (χ0v) is 15.0. The van der Waals surface area contributed by atoms with Crippen molar-refractivity contribution in [3.8, 4) is 0 Å². The molecule has 1 aliphatic rings. The first-order chi connectivity index (χ1) is 11.5. The summed E-state index contributed by atoms with van der Waals surface area (Å²) in [5.74, 6) is -0.00955. The van der Waals surface area contributed by atoms with Gasteiger partial charge in [-0.2, -0.15) is 0 Å². The van der Waals surface area contributed by atoms with Crippen molar-refractivity contribution in [1.29, 1.82) is 0 Å². The molecule has 2 amide bonds. The predicted octanol–water partition coefficient (Wildman–Crippen LogP) is 2.41. The van der Waals surface area contributed by atoms with Crippen molar-refractivity contribution >= 4 is 17.5 Å². The maximum atomic E-state index is 13.0. The van der Waals surface area contributed by atoms with Crippen LogP contribution in [0.15, 0.2) is 30.3 Å². The molecule has 5 nitrogen and oxygen atoms in total. The summed E-state index contributed by atoms with van der Waals surface area (Å²) in [5, 5.41) is 0. The van der Waals surface area contributed by atoms with E-state index in [-0.39, 0.29) is 11.8 Å². The van der Waals surface area contributed by atoms with Gasteiger partial charge in [-0.15, -0.1) is 0 Å². The second-order valence-electron chi connectivity index (χ2n) is 6.59. The summed E-state index contributed by atoms with van der Waals surface area (Å²) in [4.78, 5) is 29.4. The van der Waals surface area contributed by atoms with Crippen LogP contribution in [0.4, 0.5) is 5.69 Å². The van der Waals surface area contributed by atoms with Crippen molar-refractivity contribution in [3.05, 3.63) is 30.3 Å². The maximum absolute atomic E-state index is 13.0. The molecule has 1 aliphatic heterocycles. The smallest absolute Gasteiger partial charge is 0.249 e. The van der Waals surface area contributed by atoms with Crippen molar-refractivity contribution in [2.45, 2.75) is 45.6 Å². The summed E-state index contributed by atoms with van der Waals surface area (Å²) in [7, 11) is 1.75. The summed E-state index contributed by atoms with van der Waals surface area (Å²) in [6, 6.07) is 9.25. The first kappa shape index (κ1) is 18.5. The Balaban J connectivity index is 2.21. The Labute approximate surface area is 144 Å². The lowest BCUT2D eigenvalue weighted by atomic mass is 9.80. The van der Waals surface area contributed by atoms with Crippen LogP contribution in [0.2, 0.25) is 0 Å². The molecule has 0 radical (unpaired) electrons. The van der Waals surface area contributed by atoms with Crippen molar-refractivity contribution in [1.82, 2.24) is 4.90 Å². The fourth-order valence-electron chi connectivity index (χ4n) is 3.52. The number of hydrogen-bond acceptors (Lipinski definition) is 3. The second-order valence-corrected chi connectivity index (χ2v) is 6.59. The summed E-state index contributed by atoms with van der Waals surface area (Å²) < 4.78 is 0. The number of hydrogen-bond donors (Lipinski definition) is 1. The number of anilines is 1. The third-order valence-electron chi connectivity index (χ3n) is 5.46. The van der Waals surface area contributed by atoms with Gasteiger partial charge in [0.1, 0.15) is 6.04 Å². The molecule has 1 heterocycles. The zero-order valence-electron chi connectivity index (χ0n) is 15.0. The van der Waals surface area contributed by atoms with Gasteiger partial charge in [-0.3, -0.25) is 9.59 Å². The van der Waals surface area contributed by atoms with Crippen LogP contribution in [0.25, 0.3) is 0 Å². The molecule has 0 bridgehead atoms.